The van der Waals surface area contributed by atoms with Gasteiger partial charge in [-0.25, -0.2) is 0 Å². The van der Waals surface area contributed by atoms with E-state index < -0.39 is 5.97 Å². The van der Waals surface area contributed by atoms with Crippen LogP contribution in [0.3, 0.4) is 0 Å². The number of methoxy groups -OCH3 is 1. The van der Waals surface area contributed by atoms with Crippen molar-refractivity contribution in [3.63, 3.8) is 0 Å². The van der Waals surface area contributed by atoms with Gasteiger partial charge in [-0.1, -0.05) is 0 Å². The molecule has 1 heterocycles. The van der Waals surface area contributed by atoms with E-state index in [1.165, 1.54) is 11.8 Å². The Morgan fingerprint density at radius 2 is 2.53 bits per heavy atom. The average Bonchev–Trinajstić information content (AvgIpc) is 2.62. The molecule has 6 nitrogen and oxygen atoms in total. The SMILES string of the molecule is COCCn1cnnc1CSCC(=O)O. The van der Waals surface area contributed by atoms with Crippen LogP contribution < -0.4 is 0 Å². The van der Waals surface area contributed by atoms with Crippen LogP contribution in [0, 0.1) is 0 Å². The van der Waals surface area contributed by atoms with Gasteiger partial charge in [-0.2, -0.15) is 0 Å². The molecule has 0 saturated carbocycles. The first-order valence-corrected chi connectivity index (χ1v) is 5.54. The average molecular weight is 231 g/mol. The first kappa shape index (κ1) is 12.0. The molecule has 0 atom stereocenters. The second kappa shape index (κ2) is 6.41. The molecule has 0 bridgehead atoms. The molecule has 1 aromatic rings. The van der Waals surface area contributed by atoms with Crippen molar-refractivity contribution in [3.05, 3.63) is 12.2 Å². The highest BCUT2D eigenvalue weighted by Gasteiger charge is 2.05. The molecule has 1 N–H and O–H groups in total. The van der Waals surface area contributed by atoms with Crippen molar-refractivity contribution in [1.29, 1.82) is 0 Å². The third-order valence-electron chi connectivity index (χ3n) is 1.69. The highest BCUT2D eigenvalue weighted by molar-refractivity contribution is 7.99. The molecule has 0 fully saturated rings. The molecule has 0 aliphatic rings. The maximum Gasteiger partial charge on any atom is 0.313 e. The van der Waals surface area contributed by atoms with Crippen LogP contribution in [0.4, 0.5) is 0 Å². The van der Waals surface area contributed by atoms with Gasteiger partial charge >= 0.3 is 5.97 Å². The zero-order valence-electron chi connectivity index (χ0n) is 8.42. The van der Waals surface area contributed by atoms with Gasteiger partial charge in [0.25, 0.3) is 0 Å². The van der Waals surface area contributed by atoms with E-state index in [1.807, 2.05) is 4.57 Å². The number of aliphatic carboxylic acids is 1. The number of aromatic nitrogens is 3. The summed E-state index contributed by atoms with van der Waals surface area (Å²) >= 11 is 1.30. The smallest absolute Gasteiger partial charge is 0.313 e. The van der Waals surface area contributed by atoms with Gasteiger partial charge in [0.15, 0.2) is 0 Å². The number of ether oxygens (including phenoxy) is 1. The van der Waals surface area contributed by atoms with Crippen molar-refractivity contribution < 1.29 is 14.6 Å². The largest absolute Gasteiger partial charge is 0.481 e. The molecule has 1 aromatic heterocycles. The summed E-state index contributed by atoms with van der Waals surface area (Å²) in [4.78, 5) is 10.3. The molecule has 0 amide bonds. The number of carboxylic acid groups (broad SMARTS) is 1. The summed E-state index contributed by atoms with van der Waals surface area (Å²) in [7, 11) is 1.63. The van der Waals surface area contributed by atoms with Gasteiger partial charge in [-0.3, -0.25) is 4.79 Å². The Labute approximate surface area is 91.6 Å². The second-order valence-electron chi connectivity index (χ2n) is 2.82. The lowest BCUT2D eigenvalue weighted by Gasteiger charge is -2.04. The Kier molecular flexibility index (Phi) is 5.13. The topological polar surface area (TPSA) is 77.2 Å². The van der Waals surface area contributed by atoms with Crippen molar-refractivity contribution in [3.8, 4) is 0 Å². The van der Waals surface area contributed by atoms with Crippen molar-refractivity contribution in [1.82, 2.24) is 14.8 Å². The van der Waals surface area contributed by atoms with Crippen LogP contribution in [-0.4, -0.2) is 45.3 Å². The summed E-state index contributed by atoms with van der Waals surface area (Å²) in [6, 6.07) is 0. The number of carbonyl (C=O) groups is 1. The molecule has 1 rings (SSSR count). The summed E-state index contributed by atoms with van der Waals surface area (Å²) in [6.07, 6.45) is 1.62. The van der Waals surface area contributed by atoms with E-state index in [-0.39, 0.29) is 5.75 Å². The van der Waals surface area contributed by atoms with Crippen molar-refractivity contribution >= 4 is 17.7 Å². The fraction of sp³-hybridized carbons (Fsp3) is 0.625. The molecule has 0 saturated heterocycles. The zero-order valence-corrected chi connectivity index (χ0v) is 9.24. The van der Waals surface area contributed by atoms with Gasteiger partial charge in [0.05, 0.1) is 18.1 Å². The van der Waals surface area contributed by atoms with Gasteiger partial charge in [-0.05, 0) is 0 Å². The van der Waals surface area contributed by atoms with E-state index in [0.29, 0.717) is 18.9 Å². The van der Waals surface area contributed by atoms with Crippen LogP contribution in [0.1, 0.15) is 5.82 Å². The van der Waals surface area contributed by atoms with Gasteiger partial charge in [0, 0.05) is 13.7 Å². The summed E-state index contributed by atoms with van der Waals surface area (Å²) < 4.78 is 6.80. The van der Waals surface area contributed by atoms with E-state index in [9.17, 15) is 4.79 Å². The van der Waals surface area contributed by atoms with Crippen molar-refractivity contribution in [2.24, 2.45) is 0 Å². The fourth-order valence-corrected chi connectivity index (χ4v) is 1.68. The monoisotopic (exact) mass is 231 g/mol. The summed E-state index contributed by atoms with van der Waals surface area (Å²) in [5.74, 6) is 0.592. The maximum atomic E-state index is 10.3. The fourth-order valence-electron chi connectivity index (χ4n) is 0.997. The summed E-state index contributed by atoms with van der Waals surface area (Å²) in [5.41, 5.74) is 0. The number of nitrogens with zero attached hydrogens (tertiary/aromatic N) is 3. The lowest BCUT2D eigenvalue weighted by Crippen LogP contribution is -2.07. The van der Waals surface area contributed by atoms with Crippen LogP contribution >= 0.6 is 11.8 Å². The summed E-state index contributed by atoms with van der Waals surface area (Å²) in [5, 5.41) is 16.1. The molecule has 0 aliphatic carbocycles. The molecule has 0 unspecified atom stereocenters. The Bertz CT molecular complexity index is 316. The van der Waals surface area contributed by atoms with Crippen LogP contribution in [0.15, 0.2) is 6.33 Å². The number of rotatable bonds is 7. The molecule has 7 heteroatoms. The molecule has 0 spiro atoms. The number of hydrogen-bond acceptors (Lipinski definition) is 5. The molecule has 84 valence electrons. The van der Waals surface area contributed by atoms with Crippen molar-refractivity contribution in [2.45, 2.75) is 12.3 Å². The quantitative estimate of drug-likeness (QED) is 0.724. The first-order valence-electron chi connectivity index (χ1n) is 4.39. The maximum absolute atomic E-state index is 10.3. The highest BCUT2D eigenvalue weighted by atomic mass is 32.2. The standard InChI is InChI=1S/C8H13N3O3S/c1-14-3-2-11-6-9-10-7(11)4-15-5-8(12)13/h6H,2-5H2,1H3,(H,12,13). The van der Waals surface area contributed by atoms with Crippen LogP contribution in [-0.2, 0) is 21.8 Å². The van der Waals surface area contributed by atoms with Gasteiger partial charge in [0.2, 0.25) is 0 Å². The van der Waals surface area contributed by atoms with Gasteiger partial charge in [-0.15, -0.1) is 22.0 Å². The first-order chi connectivity index (χ1) is 7.24. The van der Waals surface area contributed by atoms with Crippen molar-refractivity contribution in [2.75, 3.05) is 19.5 Å². The zero-order chi connectivity index (χ0) is 11.1. The molecule has 0 aromatic carbocycles. The van der Waals surface area contributed by atoms with E-state index >= 15 is 0 Å². The van der Waals surface area contributed by atoms with E-state index in [4.69, 9.17) is 9.84 Å². The van der Waals surface area contributed by atoms with Crippen LogP contribution in [0.5, 0.6) is 0 Å². The molecular weight excluding hydrogens is 218 g/mol. The minimum Gasteiger partial charge on any atom is -0.481 e. The Morgan fingerprint density at radius 1 is 1.73 bits per heavy atom. The lowest BCUT2D eigenvalue weighted by atomic mass is 10.6. The third-order valence-corrected chi connectivity index (χ3v) is 2.60. The second-order valence-corrected chi connectivity index (χ2v) is 3.81. The number of hydrogen-bond donors (Lipinski definition) is 1. The minimum atomic E-state index is -0.817. The number of carboxylic acids is 1. The normalized spacial score (nSPS) is 10.5. The molecule has 0 radical (unpaired) electrons. The predicted molar refractivity (Wildman–Crippen MR) is 55.7 cm³/mol. The molecule has 15 heavy (non-hydrogen) atoms. The third kappa shape index (κ3) is 4.30. The number of thioether (sulfide) groups is 1. The molecular formula is C8H13N3O3S. The highest BCUT2D eigenvalue weighted by Crippen LogP contribution is 2.09. The van der Waals surface area contributed by atoms with Gasteiger partial charge < -0.3 is 14.4 Å². The minimum absolute atomic E-state index is 0.0805. The Balaban J connectivity index is 2.39. The van der Waals surface area contributed by atoms with Crippen LogP contribution in [0.2, 0.25) is 0 Å². The predicted octanol–water partition coefficient (Wildman–Crippen LogP) is 0.242. The molecule has 0 aliphatic heterocycles. The van der Waals surface area contributed by atoms with Crippen LogP contribution in [0.25, 0.3) is 0 Å². The Hall–Kier alpha value is -1.08. The Morgan fingerprint density at radius 3 is 3.20 bits per heavy atom. The lowest BCUT2D eigenvalue weighted by molar-refractivity contribution is -0.133. The van der Waals surface area contributed by atoms with Gasteiger partial charge in [0.1, 0.15) is 12.2 Å². The van der Waals surface area contributed by atoms with E-state index in [1.54, 1.807) is 13.4 Å². The van der Waals surface area contributed by atoms with E-state index in [2.05, 4.69) is 10.2 Å². The summed E-state index contributed by atoms with van der Waals surface area (Å²) in [6.45, 7) is 1.28. The van der Waals surface area contributed by atoms with E-state index in [0.717, 1.165) is 5.82 Å².